The van der Waals surface area contributed by atoms with Crippen LogP contribution in [0.5, 0.6) is 0 Å². The molecule has 158 valence electrons. The number of allylic oxidation sites excluding steroid dienone is 1. The highest BCUT2D eigenvalue weighted by molar-refractivity contribution is 5.93. The highest BCUT2D eigenvalue weighted by Crippen LogP contribution is 2.37. The molecule has 8 heteroatoms. The Kier molecular flexibility index (Phi) is 5.70. The second-order valence-corrected chi connectivity index (χ2v) is 7.19. The molecule has 1 amide bonds. The zero-order valence-electron chi connectivity index (χ0n) is 16.6. The highest BCUT2D eigenvalue weighted by atomic mass is 19.2. The van der Waals surface area contributed by atoms with E-state index in [1.54, 1.807) is 31.6 Å². The zero-order chi connectivity index (χ0) is 22.0. The van der Waals surface area contributed by atoms with Crippen molar-refractivity contribution < 1.29 is 18.0 Å². The first-order chi connectivity index (χ1) is 14.9. The summed E-state index contributed by atoms with van der Waals surface area (Å²) in [4.78, 5) is 16.8. The van der Waals surface area contributed by atoms with Crippen LogP contribution >= 0.6 is 0 Å². The lowest BCUT2D eigenvalue weighted by molar-refractivity contribution is -0.115. The van der Waals surface area contributed by atoms with Crippen molar-refractivity contribution in [3.63, 3.8) is 0 Å². The number of carbonyl (C=O) groups excluding carboxylic acids is 1. The van der Waals surface area contributed by atoms with Gasteiger partial charge in [0.25, 0.3) is 0 Å². The number of hydrogen-bond donors (Lipinski definition) is 1. The van der Waals surface area contributed by atoms with Crippen molar-refractivity contribution >= 4 is 17.9 Å². The fourth-order valence-electron chi connectivity index (χ4n) is 3.58. The molecule has 2 aromatic carbocycles. The Labute approximate surface area is 176 Å². The van der Waals surface area contributed by atoms with Crippen LogP contribution < -0.4 is 5.32 Å². The number of amides is 1. The van der Waals surface area contributed by atoms with Crippen LogP contribution in [0.2, 0.25) is 0 Å². The lowest BCUT2D eigenvalue weighted by Gasteiger charge is -2.16. The van der Waals surface area contributed by atoms with Crippen molar-refractivity contribution in [1.29, 1.82) is 0 Å². The molecule has 0 radical (unpaired) electrons. The lowest BCUT2D eigenvalue weighted by Crippen LogP contribution is -2.19. The second-order valence-electron chi connectivity index (χ2n) is 7.19. The standard InChI is InChI=1S/C23H19F3N4O/c1-30-23(28-19(31)13-16-3-2-4-18(25)21(16)26)20(14-9-11-27-12-10-14)22(29-30)15-5-7-17(24)8-6-15/h2-9,11-12,14H,10,13H2,1H3,(H,28,31). The summed E-state index contributed by atoms with van der Waals surface area (Å²) >= 11 is 0. The summed E-state index contributed by atoms with van der Waals surface area (Å²) in [6.07, 6.45) is 5.59. The SMILES string of the molecule is Cn1nc(-c2ccc(F)cc2)c(C2C=CN=CC2)c1NC(=O)Cc1cccc(F)c1F. The molecule has 5 nitrogen and oxygen atoms in total. The van der Waals surface area contributed by atoms with E-state index in [1.165, 1.54) is 28.9 Å². The third kappa shape index (κ3) is 4.28. The van der Waals surface area contributed by atoms with Crippen molar-refractivity contribution in [1.82, 2.24) is 9.78 Å². The first-order valence-electron chi connectivity index (χ1n) is 9.68. The molecule has 1 N–H and O–H groups in total. The number of anilines is 1. The van der Waals surface area contributed by atoms with E-state index in [4.69, 9.17) is 0 Å². The maximum Gasteiger partial charge on any atom is 0.230 e. The van der Waals surface area contributed by atoms with Gasteiger partial charge in [-0.15, -0.1) is 0 Å². The van der Waals surface area contributed by atoms with Gasteiger partial charge in [0.2, 0.25) is 5.91 Å². The lowest BCUT2D eigenvalue weighted by atomic mass is 9.92. The van der Waals surface area contributed by atoms with Crippen LogP contribution in [0.1, 0.15) is 23.5 Å². The predicted octanol–water partition coefficient (Wildman–Crippen LogP) is 4.76. The van der Waals surface area contributed by atoms with Crippen LogP contribution in [0.25, 0.3) is 11.3 Å². The molecule has 0 bridgehead atoms. The van der Waals surface area contributed by atoms with Crippen LogP contribution in [0, 0.1) is 17.5 Å². The number of aliphatic imine (C=N–C) groups is 1. The Bertz CT molecular complexity index is 1180. The minimum atomic E-state index is -1.04. The number of halogens is 3. The number of carbonyl (C=O) groups is 1. The molecular formula is C23H19F3N4O. The summed E-state index contributed by atoms with van der Waals surface area (Å²) in [5.41, 5.74) is 1.99. The molecule has 1 unspecified atom stereocenters. The van der Waals surface area contributed by atoms with Crippen molar-refractivity contribution in [3.05, 3.63) is 83.3 Å². The van der Waals surface area contributed by atoms with Gasteiger partial charge >= 0.3 is 0 Å². The van der Waals surface area contributed by atoms with Crippen LogP contribution in [-0.2, 0) is 18.3 Å². The molecule has 0 aliphatic carbocycles. The van der Waals surface area contributed by atoms with Crippen molar-refractivity contribution in [3.8, 4) is 11.3 Å². The summed E-state index contributed by atoms with van der Waals surface area (Å²) in [6.45, 7) is 0. The van der Waals surface area contributed by atoms with E-state index in [0.717, 1.165) is 11.6 Å². The summed E-state index contributed by atoms with van der Waals surface area (Å²) in [5.74, 6) is -2.60. The molecule has 0 spiro atoms. The molecule has 1 aromatic heterocycles. The van der Waals surface area contributed by atoms with Gasteiger partial charge in [0.05, 0.1) is 12.1 Å². The molecule has 1 aliphatic heterocycles. The first-order valence-corrected chi connectivity index (χ1v) is 9.68. The maximum atomic E-state index is 14.0. The monoisotopic (exact) mass is 424 g/mol. The number of benzene rings is 2. The summed E-state index contributed by atoms with van der Waals surface area (Å²) < 4.78 is 42.4. The molecule has 1 atom stereocenters. The molecular weight excluding hydrogens is 405 g/mol. The first kappa shape index (κ1) is 20.6. The molecule has 0 fully saturated rings. The minimum absolute atomic E-state index is 0.0373. The van der Waals surface area contributed by atoms with E-state index in [2.05, 4.69) is 15.4 Å². The van der Waals surface area contributed by atoms with E-state index in [1.807, 2.05) is 6.08 Å². The van der Waals surface area contributed by atoms with Crippen molar-refractivity contribution in [2.45, 2.75) is 18.8 Å². The molecule has 4 rings (SSSR count). The third-order valence-corrected chi connectivity index (χ3v) is 5.08. The fraction of sp³-hybridized carbons (Fsp3) is 0.174. The van der Waals surface area contributed by atoms with E-state index in [9.17, 15) is 18.0 Å². The Morgan fingerprint density at radius 1 is 1.16 bits per heavy atom. The van der Waals surface area contributed by atoms with Gasteiger partial charge in [0, 0.05) is 42.1 Å². The molecule has 0 saturated heterocycles. The molecule has 1 aliphatic rings. The topological polar surface area (TPSA) is 59.3 Å². The Hall–Kier alpha value is -3.68. The van der Waals surface area contributed by atoms with Gasteiger partial charge in [0.15, 0.2) is 11.6 Å². The number of aromatic nitrogens is 2. The van der Waals surface area contributed by atoms with Gasteiger partial charge in [-0.3, -0.25) is 14.5 Å². The zero-order valence-corrected chi connectivity index (χ0v) is 16.6. The maximum absolute atomic E-state index is 14.0. The number of aryl methyl sites for hydroxylation is 1. The summed E-state index contributed by atoms with van der Waals surface area (Å²) in [6, 6.07) is 9.66. The van der Waals surface area contributed by atoms with Gasteiger partial charge in [-0.2, -0.15) is 5.10 Å². The summed E-state index contributed by atoms with van der Waals surface area (Å²) in [5, 5.41) is 7.34. The van der Waals surface area contributed by atoms with E-state index < -0.39 is 17.5 Å². The average Bonchev–Trinajstić information content (AvgIpc) is 3.08. The van der Waals surface area contributed by atoms with E-state index >= 15 is 0 Å². The van der Waals surface area contributed by atoms with E-state index in [-0.39, 0.29) is 23.7 Å². The molecule has 0 saturated carbocycles. The number of hydrogen-bond acceptors (Lipinski definition) is 3. The predicted molar refractivity (Wildman–Crippen MR) is 112 cm³/mol. The van der Waals surface area contributed by atoms with Gasteiger partial charge in [-0.25, -0.2) is 13.2 Å². The molecule has 2 heterocycles. The van der Waals surface area contributed by atoms with Gasteiger partial charge in [0.1, 0.15) is 11.6 Å². The van der Waals surface area contributed by atoms with Gasteiger partial charge in [-0.05, 0) is 36.8 Å². The number of rotatable bonds is 5. The Morgan fingerprint density at radius 2 is 1.94 bits per heavy atom. The van der Waals surface area contributed by atoms with Crippen LogP contribution in [0.3, 0.4) is 0 Å². The Balaban J connectivity index is 1.70. The van der Waals surface area contributed by atoms with Gasteiger partial charge < -0.3 is 5.32 Å². The fourth-order valence-corrected chi connectivity index (χ4v) is 3.58. The normalized spacial score (nSPS) is 15.3. The highest BCUT2D eigenvalue weighted by Gasteiger charge is 2.26. The van der Waals surface area contributed by atoms with E-state index in [0.29, 0.717) is 23.5 Å². The smallest absolute Gasteiger partial charge is 0.230 e. The Morgan fingerprint density at radius 3 is 2.65 bits per heavy atom. The molecule has 31 heavy (non-hydrogen) atoms. The van der Waals surface area contributed by atoms with Crippen LogP contribution in [0.4, 0.5) is 19.0 Å². The second kappa shape index (κ2) is 8.59. The molecule has 3 aromatic rings. The summed E-state index contributed by atoms with van der Waals surface area (Å²) in [7, 11) is 1.68. The van der Waals surface area contributed by atoms with Crippen molar-refractivity contribution in [2.24, 2.45) is 12.0 Å². The average molecular weight is 424 g/mol. The van der Waals surface area contributed by atoms with Crippen molar-refractivity contribution in [2.75, 3.05) is 5.32 Å². The quantitative estimate of drug-likeness (QED) is 0.642. The minimum Gasteiger partial charge on any atom is -0.310 e. The van der Waals surface area contributed by atoms with Crippen LogP contribution in [0.15, 0.2) is 59.7 Å². The largest absolute Gasteiger partial charge is 0.310 e. The number of nitrogens with one attached hydrogen (secondary N) is 1. The third-order valence-electron chi connectivity index (χ3n) is 5.08. The number of nitrogens with zero attached hydrogens (tertiary/aromatic N) is 3. The van der Waals surface area contributed by atoms with Crippen LogP contribution in [-0.4, -0.2) is 21.9 Å². The van der Waals surface area contributed by atoms with Gasteiger partial charge in [-0.1, -0.05) is 18.2 Å².